The van der Waals surface area contributed by atoms with Crippen molar-refractivity contribution in [3.8, 4) is 18.1 Å². The van der Waals surface area contributed by atoms with Crippen LogP contribution in [0.5, 0.6) is 5.75 Å². The second kappa shape index (κ2) is 6.71. The molecule has 0 aliphatic heterocycles. The van der Waals surface area contributed by atoms with Gasteiger partial charge in [-0.05, 0) is 35.9 Å². The van der Waals surface area contributed by atoms with Gasteiger partial charge in [0, 0.05) is 0 Å². The van der Waals surface area contributed by atoms with Gasteiger partial charge in [0.15, 0.2) is 0 Å². The molecule has 0 aliphatic rings. The normalized spacial score (nSPS) is 10.8. The highest BCUT2D eigenvalue weighted by Gasteiger charge is 2.11. The van der Waals surface area contributed by atoms with Crippen molar-refractivity contribution in [2.75, 3.05) is 6.61 Å². The minimum atomic E-state index is -0.995. The van der Waals surface area contributed by atoms with Crippen LogP contribution < -0.4 is 4.74 Å². The van der Waals surface area contributed by atoms with Crippen molar-refractivity contribution in [1.82, 2.24) is 9.97 Å². The Bertz CT molecular complexity index is 947. The van der Waals surface area contributed by atoms with Crippen molar-refractivity contribution in [2.45, 2.75) is 0 Å². The summed E-state index contributed by atoms with van der Waals surface area (Å²) in [5.74, 6) is 2.71. The van der Waals surface area contributed by atoms with E-state index in [1.165, 1.54) is 6.07 Å². The van der Waals surface area contributed by atoms with Gasteiger partial charge < -0.3 is 14.8 Å². The van der Waals surface area contributed by atoms with Gasteiger partial charge in [-0.1, -0.05) is 30.2 Å². The Hall–Kier alpha value is -3.52. The van der Waals surface area contributed by atoms with E-state index in [4.69, 9.17) is 11.2 Å². The van der Waals surface area contributed by atoms with Crippen LogP contribution in [0.2, 0.25) is 0 Å². The molecule has 0 aliphatic carbocycles. The molecule has 118 valence electrons. The summed E-state index contributed by atoms with van der Waals surface area (Å²) in [6, 6.07) is 12.5. The number of aromatic nitrogens is 2. The van der Waals surface area contributed by atoms with E-state index in [1.807, 2.05) is 30.3 Å². The zero-order chi connectivity index (χ0) is 16.9. The maximum atomic E-state index is 11.2. The van der Waals surface area contributed by atoms with Crippen LogP contribution in [0.3, 0.4) is 0 Å². The van der Waals surface area contributed by atoms with Crippen LogP contribution in [0.4, 0.5) is 0 Å². The van der Waals surface area contributed by atoms with Crippen LogP contribution in [-0.2, 0) is 0 Å². The summed E-state index contributed by atoms with van der Waals surface area (Å²) >= 11 is 0. The van der Waals surface area contributed by atoms with Gasteiger partial charge in [0.1, 0.15) is 23.7 Å². The summed E-state index contributed by atoms with van der Waals surface area (Å²) in [5.41, 5.74) is 2.27. The first-order chi connectivity index (χ1) is 11.7. The Morgan fingerprint density at radius 3 is 2.75 bits per heavy atom. The molecule has 1 aromatic heterocycles. The number of hydrogen-bond acceptors (Lipinski definition) is 3. The molecule has 3 rings (SSSR count). The first-order valence-electron chi connectivity index (χ1n) is 7.24. The number of para-hydroxylation sites is 1. The van der Waals surface area contributed by atoms with Gasteiger partial charge in [-0.25, -0.2) is 9.78 Å². The molecule has 5 heteroatoms. The monoisotopic (exact) mass is 318 g/mol. The highest BCUT2D eigenvalue weighted by Crippen LogP contribution is 2.18. The minimum Gasteiger partial charge on any atom is -0.481 e. The van der Waals surface area contributed by atoms with E-state index in [0.29, 0.717) is 22.6 Å². The molecule has 0 radical (unpaired) electrons. The van der Waals surface area contributed by atoms with Crippen LogP contribution in [0.25, 0.3) is 23.2 Å². The molecular weight excluding hydrogens is 304 g/mol. The second-order valence-corrected chi connectivity index (χ2v) is 5.02. The lowest BCUT2D eigenvalue weighted by atomic mass is 10.2. The predicted molar refractivity (Wildman–Crippen MR) is 92.8 cm³/mol. The first kappa shape index (κ1) is 15.4. The fraction of sp³-hybridized carbons (Fsp3) is 0.0526. The number of fused-ring (bicyclic) bond motifs is 1. The zero-order valence-corrected chi connectivity index (χ0v) is 12.7. The summed E-state index contributed by atoms with van der Waals surface area (Å²) in [4.78, 5) is 18.6. The lowest BCUT2D eigenvalue weighted by Gasteiger charge is -2.01. The highest BCUT2D eigenvalue weighted by molar-refractivity contribution is 6.01. The van der Waals surface area contributed by atoms with E-state index in [2.05, 4.69) is 15.9 Å². The van der Waals surface area contributed by atoms with Crippen molar-refractivity contribution in [3.05, 3.63) is 59.4 Å². The smallest absolute Gasteiger partial charge is 0.337 e. The summed E-state index contributed by atoms with van der Waals surface area (Å²) in [5, 5.41) is 9.19. The number of ether oxygens (including phenoxy) is 1. The second-order valence-electron chi connectivity index (χ2n) is 5.02. The number of hydrogen-bond donors (Lipinski definition) is 2. The van der Waals surface area contributed by atoms with Crippen molar-refractivity contribution >= 4 is 29.2 Å². The molecule has 2 aromatic carbocycles. The number of aromatic carboxylic acids is 1. The van der Waals surface area contributed by atoms with Crippen LogP contribution in [0.15, 0.2) is 42.5 Å². The number of carboxylic acid groups (broad SMARTS) is 1. The molecule has 0 saturated heterocycles. The summed E-state index contributed by atoms with van der Waals surface area (Å²) in [6.07, 6.45) is 8.82. The SMILES string of the molecule is C#CCOc1ccc(/C=C/c2nc3c(C(=O)O)cccc3[nH]2)cc1. The predicted octanol–water partition coefficient (Wildman–Crippen LogP) is 3.44. The Balaban J connectivity index is 1.82. The molecule has 0 spiro atoms. The number of carboxylic acids is 1. The van der Waals surface area contributed by atoms with E-state index < -0.39 is 5.97 Å². The molecule has 24 heavy (non-hydrogen) atoms. The molecule has 0 saturated carbocycles. The largest absolute Gasteiger partial charge is 0.481 e. The lowest BCUT2D eigenvalue weighted by molar-refractivity contribution is 0.0699. The van der Waals surface area contributed by atoms with Crippen molar-refractivity contribution in [2.24, 2.45) is 0 Å². The Morgan fingerprint density at radius 1 is 1.25 bits per heavy atom. The maximum absolute atomic E-state index is 11.2. The minimum absolute atomic E-state index is 0.179. The van der Waals surface area contributed by atoms with Gasteiger partial charge in [-0.15, -0.1) is 6.42 Å². The van der Waals surface area contributed by atoms with E-state index in [9.17, 15) is 9.90 Å². The molecule has 0 unspecified atom stereocenters. The van der Waals surface area contributed by atoms with Gasteiger partial charge in [-0.3, -0.25) is 0 Å². The number of aromatic amines is 1. The number of benzene rings is 2. The molecule has 0 atom stereocenters. The van der Waals surface area contributed by atoms with E-state index in [0.717, 1.165) is 5.56 Å². The van der Waals surface area contributed by atoms with Crippen LogP contribution in [0, 0.1) is 12.3 Å². The average molecular weight is 318 g/mol. The fourth-order valence-corrected chi connectivity index (χ4v) is 2.28. The number of carbonyl (C=O) groups is 1. The summed E-state index contributed by atoms with van der Waals surface area (Å²) in [6.45, 7) is 0.236. The average Bonchev–Trinajstić information content (AvgIpc) is 3.01. The topological polar surface area (TPSA) is 75.2 Å². The quantitative estimate of drug-likeness (QED) is 0.707. The number of rotatable bonds is 5. The number of nitrogens with zero attached hydrogens (tertiary/aromatic N) is 1. The molecule has 0 fully saturated rings. The molecule has 1 heterocycles. The van der Waals surface area contributed by atoms with Gasteiger partial charge in [0.2, 0.25) is 0 Å². The van der Waals surface area contributed by atoms with E-state index >= 15 is 0 Å². The third-order valence-corrected chi connectivity index (χ3v) is 3.40. The molecule has 0 amide bonds. The summed E-state index contributed by atoms with van der Waals surface area (Å²) < 4.78 is 5.31. The standard InChI is InChI=1S/C19H14N2O3/c1-2-12-24-14-9-6-13(7-10-14)8-11-17-20-16-5-3-4-15(19(22)23)18(16)21-17/h1,3-11H,12H2,(H,20,21)(H,22,23)/b11-8+. The van der Waals surface area contributed by atoms with Crippen molar-refractivity contribution in [3.63, 3.8) is 0 Å². The number of imidazole rings is 1. The first-order valence-corrected chi connectivity index (χ1v) is 7.24. The lowest BCUT2D eigenvalue weighted by Crippen LogP contribution is -1.96. The van der Waals surface area contributed by atoms with Gasteiger partial charge in [0.25, 0.3) is 0 Å². The molecule has 5 nitrogen and oxygen atoms in total. The van der Waals surface area contributed by atoms with Crippen molar-refractivity contribution < 1.29 is 14.6 Å². The van der Waals surface area contributed by atoms with Crippen LogP contribution in [0.1, 0.15) is 21.7 Å². The molecule has 2 N–H and O–H groups in total. The molecule has 3 aromatic rings. The third-order valence-electron chi connectivity index (χ3n) is 3.40. The zero-order valence-electron chi connectivity index (χ0n) is 12.7. The van der Waals surface area contributed by atoms with Crippen molar-refractivity contribution in [1.29, 1.82) is 0 Å². The van der Waals surface area contributed by atoms with E-state index in [1.54, 1.807) is 18.2 Å². The van der Waals surface area contributed by atoms with Crippen LogP contribution in [-0.4, -0.2) is 27.7 Å². The third kappa shape index (κ3) is 3.28. The fourth-order valence-electron chi connectivity index (χ4n) is 2.28. The molecule has 0 bridgehead atoms. The Morgan fingerprint density at radius 2 is 2.04 bits per heavy atom. The van der Waals surface area contributed by atoms with Gasteiger partial charge in [-0.2, -0.15) is 0 Å². The van der Waals surface area contributed by atoms with E-state index in [-0.39, 0.29) is 12.2 Å². The number of H-pyrrole nitrogens is 1. The number of terminal acetylenes is 1. The maximum Gasteiger partial charge on any atom is 0.337 e. The highest BCUT2D eigenvalue weighted by atomic mass is 16.5. The van der Waals surface area contributed by atoms with Gasteiger partial charge >= 0.3 is 5.97 Å². The molecular formula is C19H14N2O3. The number of nitrogens with one attached hydrogen (secondary N) is 1. The van der Waals surface area contributed by atoms with Gasteiger partial charge in [0.05, 0.1) is 11.1 Å². The van der Waals surface area contributed by atoms with Crippen LogP contribution >= 0.6 is 0 Å². The Kier molecular flexibility index (Phi) is 4.30. The summed E-state index contributed by atoms with van der Waals surface area (Å²) in [7, 11) is 0. The Labute approximate surface area is 138 Å².